The molecule has 0 unspecified atom stereocenters. The van der Waals surface area contributed by atoms with Crippen LogP contribution in [-0.2, 0) is 0 Å². The van der Waals surface area contributed by atoms with E-state index in [2.05, 4.69) is 32.6 Å². The lowest BCUT2D eigenvalue weighted by atomic mass is 10.1. The molecule has 0 aliphatic heterocycles. The highest BCUT2D eigenvalue weighted by molar-refractivity contribution is 5.53. The van der Waals surface area contributed by atoms with Crippen LogP contribution in [-0.4, -0.2) is 10.2 Å². The predicted octanol–water partition coefficient (Wildman–Crippen LogP) is 3.35. The van der Waals surface area contributed by atoms with Gasteiger partial charge in [-0.05, 0) is 38.8 Å². The fraction of sp³-hybridized carbons (Fsp3) is 0.308. The predicted molar refractivity (Wildman–Crippen MR) is 71.0 cm³/mol. The van der Waals surface area contributed by atoms with Crippen LogP contribution in [0.1, 0.15) is 22.4 Å². The Morgan fingerprint density at radius 3 is 1.94 bits per heavy atom. The normalized spacial score (nSPS) is 11.3. The van der Waals surface area contributed by atoms with Gasteiger partial charge in [0.25, 0.3) is 5.56 Å². The number of aromatic amines is 2. The minimum Gasteiger partial charge on any atom is -0.300 e. The quantitative estimate of drug-likeness (QED) is 0.781. The number of nitrogens with one attached hydrogen (secondary N) is 2. The topological polar surface area (TPSA) is 73.4 Å². The second-order valence-electron chi connectivity index (χ2n) is 4.50. The number of hydrogen-bond acceptors (Lipinski definition) is 3. The number of azo groups is 1. The van der Waals surface area contributed by atoms with Gasteiger partial charge >= 0.3 is 0 Å². The van der Waals surface area contributed by atoms with Crippen molar-refractivity contribution in [2.24, 2.45) is 10.2 Å². The molecule has 0 fully saturated rings. The zero-order valence-corrected chi connectivity index (χ0v) is 11.0. The summed E-state index contributed by atoms with van der Waals surface area (Å²) in [5.74, 6) is 0. The Hall–Kier alpha value is -2.17. The number of aromatic nitrogens is 2. The summed E-state index contributed by atoms with van der Waals surface area (Å²) in [5.41, 5.74) is 4.89. The highest BCUT2D eigenvalue weighted by Gasteiger charge is 2.06. The van der Waals surface area contributed by atoms with Gasteiger partial charge in [0.2, 0.25) is 0 Å². The van der Waals surface area contributed by atoms with E-state index >= 15 is 0 Å². The summed E-state index contributed by atoms with van der Waals surface area (Å²) in [6.45, 7) is 7.80. The van der Waals surface area contributed by atoms with E-state index in [1.807, 2.05) is 20.8 Å². The van der Waals surface area contributed by atoms with E-state index in [1.165, 1.54) is 5.56 Å². The molecule has 0 amide bonds. The molecule has 0 bridgehead atoms. The molecule has 0 saturated heterocycles. The molecule has 5 nitrogen and oxygen atoms in total. The molecule has 18 heavy (non-hydrogen) atoms. The third-order valence-electron chi connectivity index (χ3n) is 2.82. The maximum atomic E-state index is 11.4. The summed E-state index contributed by atoms with van der Waals surface area (Å²) in [6.07, 6.45) is 0. The van der Waals surface area contributed by atoms with E-state index in [-0.39, 0.29) is 5.56 Å². The molecule has 0 saturated carbocycles. The Labute approximate surface area is 105 Å². The lowest BCUT2D eigenvalue weighted by Crippen LogP contribution is -1.96. The molecule has 0 radical (unpaired) electrons. The zero-order chi connectivity index (χ0) is 13.3. The van der Waals surface area contributed by atoms with Crippen LogP contribution in [0.4, 0.5) is 11.4 Å². The maximum absolute atomic E-state index is 11.4. The van der Waals surface area contributed by atoms with Gasteiger partial charge in [0.1, 0.15) is 0 Å². The van der Waals surface area contributed by atoms with Crippen molar-refractivity contribution in [3.8, 4) is 0 Å². The Bertz CT molecular complexity index is 641. The zero-order valence-electron chi connectivity index (χ0n) is 11.0. The van der Waals surface area contributed by atoms with E-state index in [1.54, 1.807) is 6.92 Å². The smallest absolute Gasteiger partial charge is 0.291 e. The molecule has 1 aromatic heterocycles. The molecule has 2 aromatic rings. The van der Waals surface area contributed by atoms with Gasteiger partial charge in [0.05, 0.1) is 11.4 Å². The van der Waals surface area contributed by atoms with Crippen LogP contribution in [0.25, 0.3) is 0 Å². The SMILES string of the molecule is Cc1cc(C)c(N=Nc2c(C)[nH][nH]c2=O)c(C)c1. The van der Waals surface area contributed by atoms with Gasteiger partial charge in [-0.2, -0.15) is 0 Å². The molecule has 0 spiro atoms. The minimum atomic E-state index is -0.251. The summed E-state index contributed by atoms with van der Waals surface area (Å²) in [7, 11) is 0. The second-order valence-corrected chi connectivity index (χ2v) is 4.50. The number of aryl methyl sites for hydroxylation is 4. The summed E-state index contributed by atoms with van der Waals surface area (Å²) < 4.78 is 0. The molecule has 1 heterocycles. The maximum Gasteiger partial charge on any atom is 0.291 e. The largest absolute Gasteiger partial charge is 0.300 e. The number of rotatable bonds is 2. The van der Waals surface area contributed by atoms with Crippen molar-refractivity contribution in [3.05, 3.63) is 44.9 Å². The molecule has 2 rings (SSSR count). The van der Waals surface area contributed by atoms with Crippen LogP contribution in [0.15, 0.2) is 27.2 Å². The third-order valence-corrected chi connectivity index (χ3v) is 2.82. The van der Waals surface area contributed by atoms with E-state index in [4.69, 9.17) is 0 Å². The van der Waals surface area contributed by atoms with Crippen molar-refractivity contribution in [2.75, 3.05) is 0 Å². The standard InChI is InChI=1S/C13H16N4O/c1-7-5-8(2)11(9(3)6-7)15-16-12-10(4)14-17-13(12)18/h5-6H,1-4H3,(H2,14,17,18). The first-order valence-electron chi connectivity index (χ1n) is 5.76. The van der Waals surface area contributed by atoms with Crippen LogP contribution in [0, 0.1) is 27.7 Å². The van der Waals surface area contributed by atoms with Gasteiger partial charge in [0.15, 0.2) is 5.69 Å². The van der Waals surface area contributed by atoms with Crippen molar-refractivity contribution in [3.63, 3.8) is 0 Å². The van der Waals surface area contributed by atoms with E-state index in [0.29, 0.717) is 11.4 Å². The van der Waals surface area contributed by atoms with Crippen LogP contribution < -0.4 is 5.56 Å². The van der Waals surface area contributed by atoms with E-state index in [9.17, 15) is 4.79 Å². The number of hydrogen-bond donors (Lipinski definition) is 2. The van der Waals surface area contributed by atoms with E-state index < -0.39 is 0 Å². The lowest BCUT2D eigenvalue weighted by Gasteiger charge is -2.04. The third kappa shape index (κ3) is 2.25. The fourth-order valence-electron chi connectivity index (χ4n) is 1.99. The van der Waals surface area contributed by atoms with Gasteiger partial charge < -0.3 is 5.10 Å². The highest BCUT2D eigenvalue weighted by atomic mass is 16.1. The van der Waals surface area contributed by atoms with Crippen LogP contribution in [0.2, 0.25) is 0 Å². The van der Waals surface area contributed by atoms with Gasteiger partial charge in [0, 0.05) is 0 Å². The van der Waals surface area contributed by atoms with Crippen molar-refractivity contribution in [2.45, 2.75) is 27.7 Å². The fourth-order valence-corrected chi connectivity index (χ4v) is 1.99. The molecular formula is C13H16N4O. The van der Waals surface area contributed by atoms with Crippen LogP contribution in [0.3, 0.4) is 0 Å². The highest BCUT2D eigenvalue weighted by Crippen LogP contribution is 2.26. The summed E-state index contributed by atoms with van der Waals surface area (Å²) in [5, 5.41) is 13.4. The molecule has 0 aliphatic carbocycles. The van der Waals surface area contributed by atoms with Crippen LogP contribution in [0.5, 0.6) is 0 Å². The van der Waals surface area contributed by atoms with Crippen molar-refractivity contribution in [1.82, 2.24) is 10.2 Å². The molecule has 5 heteroatoms. The van der Waals surface area contributed by atoms with Crippen molar-refractivity contribution in [1.29, 1.82) is 0 Å². The number of nitrogens with zero attached hydrogens (tertiary/aromatic N) is 2. The molecule has 0 atom stereocenters. The van der Waals surface area contributed by atoms with Gasteiger partial charge in [-0.25, -0.2) is 0 Å². The summed E-state index contributed by atoms with van der Waals surface area (Å²) >= 11 is 0. The number of benzene rings is 1. The van der Waals surface area contributed by atoms with Crippen LogP contribution >= 0.6 is 0 Å². The Morgan fingerprint density at radius 2 is 1.44 bits per heavy atom. The van der Waals surface area contributed by atoms with E-state index in [0.717, 1.165) is 16.8 Å². The Kier molecular flexibility index (Phi) is 3.14. The number of H-pyrrole nitrogens is 2. The molecule has 1 aromatic carbocycles. The Morgan fingerprint density at radius 1 is 0.889 bits per heavy atom. The lowest BCUT2D eigenvalue weighted by molar-refractivity contribution is 1.02. The second kappa shape index (κ2) is 4.60. The molecule has 2 N–H and O–H groups in total. The van der Waals surface area contributed by atoms with Crippen molar-refractivity contribution >= 4 is 11.4 Å². The summed E-state index contributed by atoms with van der Waals surface area (Å²) in [4.78, 5) is 11.4. The van der Waals surface area contributed by atoms with Gasteiger partial charge in [-0.15, -0.1) is 10.2 Å². The molecular weight excluding hydrogens is 228 g/mol. The Balaban J connectivity index is 2.44. The average molecular weight is 244 g/mol. The first kappa shape index (κ1) is 12.3. The van der Waals surface area contributed by atoms with Crippen molar-refractivity contribution < 1.29 is 0 Å². The molecule has 0 aliphatic rings. The summed E-state index contributed by atoms with van der Waals surface area (Å²) in [6, 6.07) is 4.10. The first-order valence-corrected chi connectivity index (χ1v) is 5.76. The van der Waals surface area contributed by atoms with Gasteiger partial charge in [-0.1, -0.05) is 17.7 Å². The monoisotopic (exact) mass is 244 g/mol. The first-order chi connectivity index (χ1) is 8.49. The average Bonchev–Trinajstić information content (AvgIpc) is 2.58. The molecule has 94 valence electrons. The minimum absolute atomic E-state index is 0.251. The van der Waals surface area contributed by atoms with Gasteiger partial charge in [-0.3, -0.25) is 9.89 Å².